The van der Waals surface area contributed by atoms with Gasteiger partial charge < -0.3 is 19.8 Å². The fraction of sp³-hybridized carbons (Fsp3) is 0.292. The van der Waals surface area contributed by atoms with Crippen LogP contribution in [0, 0.1) is 0 Å². The van der Waals surface area contributed by atoms with Crippen molar-refractivity contribution in [1.29, 1.82) is 0 Å². The maximum Gasteiger partial charge on any atom is 0.225 e. The highest BCUT2D eigenvalue weighted by atomic mass is 32.2. The maximum absolute atomic E-state index is 11.7. The van der Waals surface area contributed by atoms with Gasteiger partial charge in [0.05, 0.1) is 17.8 Å². The van der Waals surface area contributed by atoms with Gasteiger partial charge in [0.25, 0.3) is 0 Å². The SMILES string of the molecule is O=C1CCc2c(Oc3ccc4c(c3)CC(c3ncc(C5CC=CS5)[nH]3)CO4)ccnc2N1. The average Bonchev–Trinajstić information content (AvgIpc) is 3.51. The van der Waals surface area contributed by atoms with Crippen molar-refractivity contribution < 1.29 is 14.3 Å². The van der Waals surface area contributed by atoms with Gasteiger partial charge in [-0.2, -0.15) is 0 Å². The van der Waals surface area contributed by atoms with Crippen molar-refractivity contribution in [1.82, 2.24) is 15.0 Å². The first kappa shape index (κ1) is 19.4. The Balaban J connectivity index is 1.21. The number of amides is 1. The minimum absolute atomic E-state index is 0.0111. The molecule has 0 saturated heterocycles. The van der Waals surface area contributed by atoms with Gasteiger partial charge in [-0.1, -0.05) is 6.08 Å². The molecule has 2 N–H and O–H groups in total. The third-order valence-corrected chi connectivity index (χ3v) is 7.20. The number of rotatable bonds is 4. The van der Waals surface area contributed by atoms with Crippen LogP contribution in [0.3, 0.4) is 0 Å². The number of hydrogen-bond donors (Lipinski definition) is 2. The first-order chi connectivity index (χ1) is 15.7. The van der Waals surface area contributed by atoms with Crippen molar-refractivity contribution in [2.45, 2.75) is 36.9 Å². The Morgan fingerprint density at radius 3 is 3.06 bits per heavy atom. The second-order valence-corrected chi connectivity index (χ2v) is 9.34. The number of nitrogens with one attached hydrogen (secondary N) is 2. The molecule has 3 aromatic rings. The maximum atomic E-state index is 11.7. The Kier molecular flexibility index (Phi) is 4.87. The van der Waals surface area contributed by atoms with Crippen LogP contribution < -0.4 is 14.8 Å². The summed E-state index contributed by atoms with van der Waals surface area (Å²) >= 11 is 1.83. The highest BCUT2D eigenvalue weighted by Gasteiger charge is 2.26. The van der Waals surface area contributed by atoms with Crippen LogP contribution in [0.25, 0.3) is 0 Å². The number of fused-ring (bicyclic) bond motifs is 2. The lowest BCUT2D eigenvalue weighted by Crippen LogP contribution is -2.21. The molecule has 0 spiro atoms. The van der Waals surface area contributed by atoms with Gasteiger partial charge in [-0.05, 0) is 54.5 Å². The lowest BCUT2D eigenvalue weighted by molar-refractivity contribution is -0.116. The molecule has 0 bridgehead atoms. The number of nitrogens with zero attached hydrogens (tertiary/aromatic N) is 2. The number of hydrogen-bond acceptors (Lipinski definition) is 6. The first-order valence-corrected chi connectivity index (χ1v) is 11.7. The standard InChI is InChI=1S/C24H22N4O3S/c29-22-6-4-17-20(7-8-25-24(17)28-22)31-16-3-5-19-14(11-16)10-15(13-30-19)23-26-12-18(27-23)21-2-1-9-32-21/h1,3,5,7-9,11-12,15,21H,2,4,6,10,13H2,(H,26,27)(H,25,28,29). The Bertz CT molecular complexity index is 1210. The lowest BCUT2D eigenvalue weighted by Gasteiger charge is -2.25. The zero-order valence-corrected chi connectivity index (χ0v) is 18.2. The molecular formula is C24H22N4O3S. The van der Waals surface area contributed by atoms with E-state index in [9.17, 15) is 4.79 Å². The summed E-state index contributed by atoms with van der Waals surface area (Å²) in [6, 6.07) is 7.76. The summed E-state index contributed by atoms with van der Waals surface area (Å²) in [5, 5.41) is 5.40. The van der Waals surface area contributed by atoms with Crippen LogP contribution in [0.4, 0.5) is 5.82 Å². The summed E-state index contributed by atoms with van der Waals surface area (Å²) in [5.74, 6) is 4.08. The van der Waals surface area contributed by atoms with E-state index < -0.39 is 0 Å². The van der Waals surface area contributed by atoms with Crippen LogP contribution >= 0.6 is 11.8 Å². The fourth-order valence-corrected chi connectivity index (χ4v) is 5.30. The Labute approximate surface area is 189 Å². The molecule has 0 radical (unpaired) electrons. The number of H-pyrrole nitrogens is 1. The zero-order valence-electron chi connectivity index (χ0n) is 17.3. The third-order valence-electron chi connectivity index (χ3n) is 6.08. The molecule has 32 heavy (non-hydrogen) atoms. The second-order valence-electron chi connectivity index (χ2n) is 8.22. The highest BCUT2D eigenvalue weighted by Crippen LogP contribution is 2.40. The van der Waals surface area contributed by atoms with Gasteiger partial charge in [0, 0.05) is 30.1 Å². The number of ether oxygens (including phenoxy) is 2. The van der Waals surface area contributed by atoms with E-state index in [1.807, 2.05) is 42.2 Å². The second kappa shape index (κ2) is 8.02. The lowest BCUT2D eigenvalue weighted by atomic mass is 9.96. The summed E-state index contributed by atoms with van der Waals surface area (Å²) < 4.78 is 12.3. The van der Waals surface area contributed by atoms with E-state index in [1.54, 1.807) is 6.20 Å². The normalized spacial score (nSPS) is 21.4. The third kappa shape index (κ3) is 3.64. The number of pyridine rings is 1. The number of aromatic amines is 1. The number of imidazole rings is 1. The summed E-state index contributed by atoms with van der Waals surface area (Å²) in [7, 11) is 0. The molecule has 6 rings (SSSR count). The Morgan fingerprint density at radius 2 is 2.16 bits per heavy atom. The van der Waals surface area contributed by atoms with E-state index in [2.05, 4.69) is 31.8 Å². The molecule has 1 aromatic carbocycles. The number of aromatic nitrogens is 3. The quantitative estimate of drug-likeness (QED) is 0.593. The molecule has 3 aliphatic heterocycles. The molecule has 1 amide bonds. The molecule has 0 saturated carbocycles. The van der Waals surface area contributed by atoms with Crippen LogP contribution in [-0.2, 0) is 17.6 Å². The molecule has 8 heteroatoms. The van der Waals surface area contributed by atoms with E-state index in [1.165, 1.54) is 5.69 Å². The number of allylic oxidation sites excluding steroid dienone is 1. The van der Waals surface area contributed by atoms with Crippen LogP contribution in [0.1, 0.15) is 46.7 Å². The van der Waals surface area contributed by atoms with Crippen molar-refractivity contribution in [3.05, 3.63) is 70.8 Å². The predicted octanol–water partition coefficient (Wildman–Crippen LogP) is 4.89. The van der Waals surface area contributed by atoms with E-state index in [0.29, 0.717) is 30.5 Å². The van der Waals surface area contributed by atoms with Crippen LogP contribution in [-0.4, -0.2) is 27.5 Å². The molecule has 2 atom stereocenters. The monoisotopic (exact) mass is 446 g/mol. The molecule has 3 aliphatic rings. The number of carbonyl (C=O) groups is 1. The molecule has 5 heterocycles. The largest absolute Gasteiger partial charge is 0.493 e. The topological polar surface area (TPSA) is 89.1 Å². The van der Waals surface area contributed by atoms with E-state index in [4.69, 9.17) is 9.47 Å². The first-order valence-electron chi connectivity index (χ1n) is 10.8. The molecule has 2 aromatic heterocycles. The van der Waals surface area contributed by atoms with Gasteiger partial charge in [0.2, 0.25) is 5.91 Å². The number of carbonyl (C=O) groups excluding carboxylic acids is 1. The summed E-state index contributed by atoms with van der Waals surface area (Å²) in [6.07, 6.45) is 8.75. The number of benzene rings is 1. The van der Waals surface area contributed by atoms with Crippen LogP contribution in [0.5, 0.6) is 17.2 Å². The number of thioether (sulfide) groups is 1. The zero-order chi connectivity index (χ0) is 21.5. The van der Waals surface area contributed by atoms with E-state index >= 15 is 0 Å². The minimum atomic E-state index is -0.0111. The van der Waals surface area contributed by atoms with E-state index in [-0.39, 0.29) is 11.8 Å². The van der Waals surface area contributed by atoms with Crippen molar-refractivity contribution >= 4 is 23.5 Å². The predicted molar refractivity (Wildman–Crippen MR) is 122 cm³/mol. The Morgan fingerprint density at radius 1 is 1.19 bits per heavy atom. The van der Waals surface area contributed by atoms with Crippen LogP contribution in [0.2, 0.25) is 0 Å². The van der Waals surface area contributed by atoms with Crippen molar-refractivity contribution in [3.8, 4) is 17.2 Å². The van der Waals surface area contributed by atoms with Gasteiger partial charge in [-0.15, -0.1) is 11.8 Å². The highest BCUT2D eigenvalue weighted by molar-refractivity contribution is 8.02. The summed E-state index contributed by atoms with van der Waals surface area (Å²) in [5.41, 5.74) is 3.21. The fourth-order valence-electron chi connectivity index (χ4n) is 4.40. The molecule has 0 aliphatic carbocycles. The van der Waals surface area contributed by atoms with Crippen LogP contribution in [0.15, 0.2) is 48.1 Å². The Hall–Kier alpha value is -3.26. The average molecular weight is 447 g/mol. The van der Waals surface area contributed by atoms with E-state index in [0.717, 1.165) is 47.0 Å². The van der Waals surface area contributed by atoms with Gasteiger partial charge in [0.15, 0.2) is 0 Å². The van der Waals surface area contributed by atoms with Crippen molar-refractivity contribution in [2.24, 2.45) is 0 Å². The number of anilines is 1. The molecule has 2 unspecified atom stereocenters. The van der Waals surface area contributed by atoms with Gasteiger partial charge in [0.1, 0.15) is 28.9 Å². The molecule has 0 fully saturated rings. The van der Waals surface area contributed by atoms with Gasteiger partial charge in [-0.25, -0.2) is 9.97 Å². The molecule has 7 nitrogen and oxygen atoms in total. The molecule has 162 valence electrons. The smallest absolute Gasteiger partial charge is 0.225 e. The van der Waals surface area contributed by atoms with Crippen molar-refractivity contribution in [2.75, 3.05) is 11.9 Å². The van der Waals surface area contributed by atoms with Gasteiger partial charge >= 0.3 is 0 Å². The molecular weight excluding hydrogens is 424 g/mol. The van der Waals surface area contributed by atoms with Gasteiger partial charge in [-0.3, -0.25) is 4.79 Å². The summed E-state index contributed by atoms with van der Waals surface area (Å²) in [6.45, 7) is 0.605. The summed E-state index contributed by atoms with van der Waals surface area (Å²) in [4.78, 5) is 24.1. The van der Waals surface area contributed by atoms with Crippen molar-refractivity contribution in [3.63, 3.8) is 0 Å². The minimum Gasteiger partial charge on any atom is -0.493 e.